The molecule has 6 nitrogen and oxygen atoms in total. The van der Waals surface area contributed by atoms with Gasteiger partial charge in [-0.1, -0.05) is 18.2 Å². The summed E-state index contributed by atoms with van der Waals surface area (Å²) in [6, 6.07) is 16.7. The lowest BCUT2D eigenvalue weighted by Gasteiger charge is -2.13. The van der Waals surface area contributed by atoms with Crippen molar-refractivity contribution in [3.05, 3.63) is 72.1 Å². The van der Waals surface area contributed by atoms with Crippen molar-refractivity contribution in [2.75, 3.05) is 12.4 Å². The largest absolute Gasteiger partial charge is 0.493 e. The molecule has 0 radical (unpaired) electrons. The number of para-hydroxylation sites is 2. The average molecular weight is 332 g/mol. The van der Waals surface area contributed by atoms with E-state index >= 15 is 0 Å². The second kappa shape index (κ2) is 7.79. The lowest BCUT2D eigenvalue weighted by molar-refractivity contribution is 0.373. The number of aromatic nitrogens is 2. The molecule has 3 rings (SSSR count). The van der Waals surface area contributed by atoms with E-state index in [1.165, 1.54) is 0 Å². The predicted molar refractivity (Wildman–Crippen MR) is 93.6 cm³/mol. The van der Waals surface area contributed by atoms with Crippen molar-refractivity contribution in [1.82, 2.24) is 9.97 Å². The molecule has 0 spiro atoms. The van der Waals surface area contributed by atoms with Gasteiger partial charge in [0.05, 0.1) is 12.7 Å². The van der Waals surface area contributed by atoms with Gasteiger partial charge in [-0.25, -0.2) is 9.97 Å². The van der Waals surface area contributed by atoms with Gasteiger partial charge in [-0.05, 0) is 30.3 Å². The molecular formula is C19H16N4O2. The molecule has 2 aromatic heterocycles. The van der Waals surface area contributed by atoms with Gasteiger partial charge in [-0.3, -0.25) is 0 Å². The highest BCUT2D eigenvalue weighted by Crippen LogP contribution is 2.31. The van der Waals surface area contributed by atoms with Crippen molar-refractivity contribution in [3.63, 3.8) is 0 Å². The molecule has 1 aromatic carbocycles. The van der Waals surface area contributed by atoms with Crippen molar-refractivity contribution >= 4 is 5.82 Å². The first-order valence-corrected chi connectivity index (χ1v) is 7.65. The number of nitriles is 1. The van der Waals surface area contributed by atoms with Gasteiger partial charge in [0.1, 0.15) is 11.9 Å². The Balaban J connectivity index is 1.81. The van der Waals surface area contributed by atoms with Crippen LogP contribution in [0, 0.1) is 11.3 Å². The molecule has 0 saturated heterocycles. The zero-order chi connectivity index (χ0) is 17.5. The highest BCUT2D eigenvalue weighted by atomic mass is 16.5. The molecule has 0 bridgehead atoms. The van der Waals surface area contributed by atoms with Gasteiger partial charge >= 0.3 is 0 Å². The third-order valence-electron chi connectivity index (χ3n) is 3.50. The number of ether oxygens (including phenoxy) is 2. The lowest BCUT2D eigenvalue weighted by Crippen LogP contribution is -2.05. The maximum absolute atomic E-state index is 9.14. The Morgan fingerprint density at radius 3 is 2.56 bits per heavy atom. The van der Waals surface area contributed by atoms with Crippen LogP contribution in [0.2, 0.25) is 0 Å². The molecule has 0 aliphatic carbocycles. The second-order valence-corrected chi connectivity index (χ2v) is 5.09. The first kappa shape index (κ1) is 16.3. The van der Waals surface area contributed by atoms with E-state index in [-0.39, 0.29) is 0 Å². The minimum atomic E-state index is 0.421. The fraction of sp³-hybridized carbons (Fsp3) is 0.105. The van der Waals surface area contributed by atoms with Crippen LogP contribution >= 0.6 is 0 Å². The molecule has 124 valence electrons. The molecule has 0 amide bonds. The average Bonchev–Trinajstić information content (AvgIpc) is 2.68. The SMILES string of the molecule is COc1ccccc1Oc1ncccc1CNc1ncccc1C#N. The van der Waals surface area contributed by atoms with Crippen LogP contribution in [-0.2, 0) is 6.54 Å². The summed E-state index contributed by atoms with van der Waals surface area (Å²) in [4.78, 5) is 8.49. The number of hydrogen-bond donors (Lipinski definition) is 1. The zero-order valence-electron chi connectivity index (χ0n) is 13.6. The van der Waals surface area contributed by atoms with Gasteiger partial charge < -0.3 is 14.8 Å². The number of anilines is 1. The van der Waals surface area contributed by atoms with Crippen molar-refractivity contribution < 1.29 is 9.47 Å². The Bertz CT molecular complexity index is 906. The normalized spacial score (nSPS) is 9.92. The summed E-state index contributed by atoms with van der Waals surface area (Å²) in [7, 11) is 1.59. The monoisotopic (exact) mass is 332 g/mol. The second-order valence-electron chi connectivity index (χ2n) is 5.09. The summed E-state index contributed by atoms with van der Waals surface area (Å²) in [5.41, 5.74) is 1.32. The zero-order valence-corrected chi connectivity index (χ0v) is 13.6. The number of hydrogen-bond acceptors (Lipinski definition) is 6. The lowest BCUT2D eigenvalue weighted by atomic mass is 10.2. The Labute approximate surface area is 145 Å². The van der Waals surface area contributed by atoms with E-state index in [0.29, 0.717) is 35.3 Å². The first-order valence-electron chi connectivity index (χ1n) is 7.65. The van der Waals surface area contributed by atoms with E-state index in [9.17, 15) is 0 Å². The summed E-state index contributed by atoms with van der Waals surface area (Å²) in [6.45, 7) is 0.421. The van der Waals surface area contributed by atoms with E-state index in [1.807, 2.05) is 36.4 Å². The van der Waals surface area contributed by atoms with Gasteiger partial charge in [-0.2, -0.15) is 5.26 Å². The van der Waals surface area contributed by atoms with Gasteiger partial charge in [0.25, 0.3) is 0 Å². The van der Waals surface area contributed by atoms with E-state index in [2.05, 4.69) is 21.4 Å². The highest BCUT2D eigenvalue weighted by molar-refractivity contribution is 5.52. The summed E-state index contributed by atoms with van der Waals surface area (Å²) >= 11 is 0. The van der Waals surface area contributed by atoms with E-state index in [0.717, 1.165) is 5.56 Å². The highest BCUT2D eigenvalue weighted by Gasteiger charge is 2.10. The predicted octanol–water partition coefficient (Wildman–Crippen LogP) is 3.76. The van der Waals surface area contributed by atoms with Gasteiger partial charge in [0, 0.05) is 24.5 Å². The molecular weight excluding hydrogens is 316 g/mol. The quantitative estimate of drug-likeness (QED) is 0.740. The standard InChI is InChI=1S/C19H16N4O2/c1-24-16-8-2-3-9-17(16)25-19-15(7-5-11-22-19)13-23-18-14(12-20)6-4-10-21-18/h2-11H,13H2,1H3,(H,21,23). The number of nitrogens with zero attached hydrogens (tertiary/aromatic N) is 3. The Kier molecular flexibility index (Phi) is 5.07. The maximum Gasteiger partial charge on any atom is 0.224 e. The van der Waals surface area contributed by atoms with Crippen molar-refractivity contribution in [1.29, 1.82) is 5.26 Å². The molecule has 0 unspecified atom stereocenters. The van der Waals surface area contributed by atoms with Crippen LogP contribution < -0.4 is 14.8 Å². The molecule has 0 fully saturated rings. The molecule has 25 heavy (non-hydrogen) atoms. The molecule has 0 aliphatic rings. The van der Waals surface area contributed by atoms with Crippen molar-refractivity contribution in [3.8, 4) is 23.4 Å². The molecule has 0 aliphatic heterocycles. The third kappa shape index (κ3) is 3.85. The number of methoxy groups -OCH3 is 1. The smallest absolute Gasteiger partial charge is 0.224 e. The maximum atomic E-state index is 9.14. The minimum absolute atomic E-state index is 0.421. The van der Waals surface area contributed by atoms with Crippen molar-refractivity contribution in [2.24, 2.45) is 0 Å². The molecule has 0 saturated carbocycles. The summed E-state index contributed by atoms with van der Waals surface area (Å²) in [5, 5.41) is 12.3. The fourth-order valence-electron chi connectivity index (χ4n) is 2.27. The van der Waals surface area contributed by atoms with E-state index < -0.39 is 0 Å². The fourth-order valence-corrected chi connectivity index (χ4v) is 2.27. The topological polar surface area (TPSA) is 80.1 Å². The molecule has 0 atom stereocenters. The number of pyridine rings is 2. The van der Waals surface area contributed by atoms with E-state index in [1.54, 1.807) is 31.6 Å². The van der Waals surface area contributed by atoms with Crippen LogP contribution in [0.15, 0.2) is 60.9 Å². The number of nitrogens with one attached hydrogen (secondary N) is 1. The molecule has 3 aromatic rings. The van der Waals surface area contributed by atoms with Crippen LogP contribution in [0.3, 0.4) is 0 Å². The third-order valence-corrected chi connectivity index (χ3v) is 3.50. The summed E-state index contributed by atoms with van der Waals surface area (Å²) in [5.74, 6) is 2.20. The summed E-state index contributed by atoms with van der Waals surface area (Å²) in [6.07, 6.45) is 3.30. The molecule has 1 N–H and O–H groups in total. The minimum Gasteiger partial charge on any atom is -0.493 e. The van der Waals surface area contributed by atoms with Gasteiger partial charge in [-0.15, -0.1) is 0 Å². The number of rotatable bonds is 6. The van der Waals surface area contributed by atoms with Crippen LogP contribution in [0.4, 0.5) is 5.82 Å². The first-order chi connectivity index (χ1) is 12.3. The van der Waals surface area contributed by atoms with Gasteiger partial charge in [0.15, 0.2) is 11.5 Å². The summed E-state index contributed by atoms with van der Waals surface area (Å²) < 4.78 is 11.2. The van der Waals surface area contributed by atoms with Crippen LogP contribution in [0.1, 0.15) is 11.1 Å². The molecule has 6 heteroatoms. The Morgan fingerprint density at radius 2 is 1.76 bits per heavy atom. The van der Waals surface area contributed by atoms with Crippen LogP contribution in [0.5, 0.6) is 17.4 Å². The van der Waals surface area contributed by atoms with Crippen LogP contribution in [0.25, 0.3) is 0 Å². The Hall–Kier alpha value is -3.59. The van der Waals surface area contributed by atoms with Crippen molar-refractivity contribution in [2.45, 2.75) is 6.54 Å². The molecule has 2 heterocycles. The van der Waals surface area contributed by atoms with E-state index in [4.69, 9.17) is 14.7 Å². The Morgan fingerprint density at radius 1 is 1.00 bits per heavy atom. The number of benzene rings is 1. The van der Waals surface area contributed by atoms with Crippen LogP contribution in [-0.4, -0.2) is 17.1 Å². The van der Waals surface area contributed by atoms with Gasteiger partial charge in [0.2, 0.25) is 5.88 Å².